The lowest BCUT2D eigenvalue weighted by molar-refractivity contribution is -0.125. The lowest BCUT2D eigenvalue weighted by Crippen LogP contribution is -2.32. The molecule has 0 spiro atoms. The number of rotatable bonds is 1. The summed E-state index contributed by atoms with van der Waals surface area (Å²) >= 11 is 0. The van der Waals surface area contributed by atoms with Gasteiger partial charge >= 0.3 is 0 Å². The van der Waals surface area contributed by atoms with Gasteiger partial charge in [0.15, 0.2) is 5.78 Å². The molecule has 2 bridgehead atoms. The van der Waals surface area contributed by atoms with Crippen molar-refractivity contribution in [3.63, 3.8) is 0 Å². The topological polar surface area (TPSA) is 17.1 Å². The fourth-order valence-corrected chi connectivity index (χ4v) is 4.14. The Morgan fingerprint density at radius 2 is 1.79 bits per heavy atom. The molecule has 1 aromatic carbocycles. The van der Waals surface area contributed by atoms with Crippen LogP contribution in [0.25, 0.3) is 5.57 Å². The summed E-state index contributed by atoms with van der Waals surface area (Å²) in [7, 11) is 0. The lowest BCUT2D eigenvalue weighted by Gasteiger charge is -2.31. The molecular formula is C18H22O. The van der Waals surface area contributed by atoms with Gasteiger partial charge in [-0.15, -0.1) is 0 Å². The molecule has 3 rings (SSSR count). The van der Waals surface area contributed by atoms with Gasteiger partial charge in [0.05, 0.1) is 0 Å². The molecule has 2 fully saturated rings. The smallest absolute Gasteiger partial charge is 0.165 e. The molecule has 2 unspecified atom stereocenters. The molecule has 0 aliphatic heterocycles. The third kappa shape index (κ3) is 1.45. The van der Waals surface area contributed by atoms with E-state index in [0.29, 0.717) is 11.7 Å². The zero-order valence-corrected chi connectivity index (χ0v) is 12.3. The molecule has 0 heterocycles. The summed E-state index contributed by atoms with van der Waals surface area (Å²) in [5.74, 6) is 0.834. The minimum Gasteiger partial charge on any atom is -0.294 e. The number of hydrogen-bond acceptors (Lipinski definition) is 1. The van der Waals surface area contributed by atoms with Crippen LogP contribution in [0.5, 0.6) is 0 Å². The van der Waals surface area contributed by atoms with Crippen LogP contribution in [0.3, 0.4) is 0 Å². The Kier molecular flexibility index (Phi) is 2.54. The highest BCUT2D eigenvalue weighted by atomic mass is 16.1. The van der Waals surface area contributed by atoms with E-state index < -0.39 is 0 Å². The Morgan fingerprint density at radius 3 is 2.32 bits per heavy atom. The normalized spacial score (nSPS) is 34.7. The monoisotopic (exact) mass is 254 g/mol. The number of fused-ring (bicyclic) bond motifs is 2. The molecule has 1 nitrogen and oxygen atoms in total. The van der Waals surface area contributed by atoms with Crippen LogP contribution in [0, 0.1) is 16.7 Å². The van der Waals surface area contributed by atoms with E-state index in [9.17, 15) is 4.79 Å². The van der Waals surface area contributed by atoms with E-state index in [0.717, 1.165) is 18.4 Å². The molecule has 2 atom stereocenters. The zero-order valence-electron chi connectivity index (χ0n) is 12.3. The maximum absolute atomic E-state index is 12.9. The first kappa shape index (κ1) is 12.7. The molecule has 2 aliphatic rings. The van der Waals surface area contributed by atoms with Crippen molar-refractivity contribution in [3.8, 4) is 0 Å². The van der Waals surface area contributed by atoms with Gasteiger partial charge in [0.25, 0.3) is 0 Å². The summed E-state index contributed by atoms with van der Waals surface area (Å²) < 4.78 is 0. The fraction of sp³-hybridized carbons (Fsp3) is 0.500. The van der Waals surface area contributed by atoms with Gasteiger partial charge < -0.3 is 0 Å². The number of carbonyl (C=O) groups is 1. The van der Waals surface area contributed by atoms with Gasteiger partial charge in [-0.3, -0.25) is 4.79 Å². The van der Waals surface area contributed by atoms with E-state index in [1.54, 1.807) is 0 Å². The molecule has 0 N–H and O–H groups in total. The molecule has 0 radical (unpaired) electrons. The third-order valence-corrected chi connectivity index (χ3v) is 5.93. The number of hydrogen-bond donors (Lipinski definition) is 0. The Balaban J connectivity index is 2.16. The van der Waals surface area contributed by atoms with Gasteiger partial charge in [-0.25, -0.2) is 0 Å². The third-order valence-electron chi connectivity index (χ3n) is 5.93. The molecule has 2 saturated carbocycles. The molecule has 0 amide bonds. The van der Waals surface area contributed by atoms with Crippen molar-refractivity contribution in [2.45, 2.75) is 40.5 Å². The first-order valence-electron chi connectivity index (χ1n) is 7.20. The highest BCUT2D eigenvalue weighted by molar-refractivity contribution is 6.10. The summed E-state index contributed by atoms with van der Waals surface area (Å²) in [6.07, 6.45) is 2.21. The molecule has 19 heavy (non-hydrogen) atoms. The summed E-state index contributed by atoms with van der Waals surface area (Å²) in [5.41, 5.74) is 3.44. The van der Waals surface area contributed by atoms with Gasteiger partial charge in [-0.1, -0.05) is 51.1 Å². The van der Waals surface area contributed by atoms with E-state index >= 15 is 0 Å². The Labute approximate surface area is 115 Å². The van der Waals surface area contributed by atoms with Crippen molar-refractivity contribution < 1.29 is 4.79 Å². The second-order valence-electron chi connectivity index (χ2n) is 6.88. The van der Waals surface area contributed by atoms with Crippen LogP contribution >= 0.6 is 0 Å². The van der Waals surface area contributed by atoms with Crippen molar-refractivity contribution in [2.75, 3.05) is 0 Å². The SMILES string of the molecule is CC(=C1C(=O)C2(C)CCC1C2(C)C)c1ccccc1. The van der Waals surface area contributed by atoms with E-state index in [1.807, 2.05) is 18.2 Å². The van der Waals surface area contributed by atoms with Crippen LogP contribution in [0.1, 0.15) is 46.1 Å². The molecule has 100 valence electrons. The Morgan fingerprint density at radius 1 is 1.16 bits per heavy atom. The maximum Gasteiger partial charge on any atom is 0.165 e. The van der Waals surface area contributed by atoms with Gasteiger partial charge in [-0.2, -0.15) is 0 Å². The first-order valence-corrected chi connectivity index (χ1v) is 7.20. The lowest BCUT2D eigenvalue weighted by atomic mass is 9.70. The second kappa shape index (κ2) is 3.82. The van der Waals surface area contributed by atoms with E-state index in [4.69, 9.17) is 0 Å². The quantitative estimate of drug-likeness (QED) is 0.675. The summed E-state index contributed by atoms with van der Waals surface area (Å²) in [5, 5.41) is 0. The van der Waals surface area contributed by atoms with Crippen molar-refractivity contribution in [1.29, 1.82) is 0 Å². The first-order chi connectivity index (χ1) is 8.89. The zero-order chi connectivity index (χ0) is 13.8. The standard InChI is InChI=1S/C18H22O/c1-12(13-8-6-5-7-9-13)15-14-10-11-18(4,16(15)19)17(14,2)3/h5-9,14H,10-11H2,1-4H3. The predicted octanol–water partition coefficient (Wildman–Crippen LogP) is 4.49. The molecule has 2 aliphatic carbocycles. The van der Waals surface area contributed by atoms with E-state index in [1.165, 1.54) is 11.1 Å². The van der Waals surface area contributed by atoms with Gasteiger partial charge in [-0.05, 0) is 42.2 Å². The number of allylic oxidation sites excluding steroid dienone is 2. The van der Waals surface area contributed by atoms with Crippen molar-refractivity contribution in [2.24, 2.45) is 16.7 Å². The van der Waals surface area contributed by atoms with Crippen LogP contribution in [-0.4, -0.2) is 5.78 Å². The largest absolute Gasteiger partial charge is 0.294 e. The molecule has 0 aromatic heterocycles. The van der Waals surface area contributed by atoms with Crippen molar-refractivity contribution in [1.82, 2.24) is 0 Å². The minimum absolute atomic E-state index is 0.107. The van der Waals surface area contributed by atoms with Crippen molar-refractivity contribution in [3.05, 3.63) is 41.5 Å². The van der Waals surface area contributed by atoms with Gasteiger partial charge in [0, 0.05) is 11.0 Å². The van der Waals surface area contributed by atoms with Crippen LogP contribution in [0.4, 0.5) is 0 Å². The second-order valence-corrected chi connectivity index (χ2v) is 6.88. The molecule has 1 aromatic rings. The number of benzene rings is 1. The summed E-state index contributed by atoms with van der Waals surface area (Å²) in [4.78, 5) is 12.9. The summed E-state index contributed by atoms with van der Waals surface area (Å²) in [6.45, 7) is 8.82. The highest BCUT2D eigenvalue weighted by Crippen LogP contribution is 2.66. The number of Topliss-reactive ketones (excluding diaryl/α,β-unsaturated/α-hetero) is 1. The predicted molar refractivity (Wildman–Crippen MR) is 78.7 cm³/mol. The van der Waals surface area contributed by atoms with Crippen LogP contribution in [-0.2, 0) is 4.79 Å². The number of carbonyl (C=O) groups excluding carboxylic acids is 1. The molecule has 1 heteroatoms. The Hall–Kier alpha value is -1.37. The van der Waals surface area contributed by atoms with Crippen LogP contribution in [0.15, 0.2) is 35.9 Å². The van der Waals surface area contributed by atoms with Crippen LogP contribution < -0.4 is 0 Å². The average molecular weight is 254 g/mol. The van der Waals surface area contributed by atoms with E-state index in [-0.39, 0.29) is 10.8 Å². The average Bonchev–Trinajstić information content (AvgIpc) is 2.71. The Bertz CT molecular complexity index is 565. The minimum atomic E-state index is -0.150. The fourth-order valence-electron chi connectivity index (χ4n) is 4.14. The van der Waals surface area contributed by atoms with Gasteiger partial charge in [0.2, 0.25) is 0 Å². The van der Waals surface area contributed by atoms with Crippen molar-refractivity contribution >= 4 is 11.4 Å². The summed E-state index contributed by atoms with van der Waals surface area (Å²) in [6, 6.07) is 10.3. The molecular weight excluding hydrogens is 232 g/mol. The highest BCUT2D eigenvalue weighted by Gasteiger charge is 2.64. The van der Waals surface area contributed by atoms with Gasteiger partial charge in [0.1, 0.15) is 0 Å². The number of ketones is 1. The van der Waals surface area contributed by atoms with E-state index in [2.05, 4.69) is 39.8 Å². The van der Waals surface area contributed by atoms with Crippen LogP contribution in [0.2, 0.25) is 0 Å². The molecule has 0 saturated heterocycles. The maximum atomic E-state index is 12.9.